The number of hydrazone groups is 1. The number of hydroxylamine groups is 2. The molecule has 0 radical (unpaired) electrons. The molecule has 0 amide bonds. The lowest BCUT2D eigenvalue weighted by atomic mass is 10.2. The van der Waals surface area contributed by atoms with E-state index in [1.54, 1.807) is 30.3 Å². The Morgan fingerprint density at radius 3 is 1.74 bits per heavy atom. The lowest BCUT2D eigenvalue weighted by molar-refractivity contribution is 0.0246. The van der Waals surface area contributed by atoms with Gasteiger partial charge in [0.25, 0.3) is 0 Å². The molecule has 2 aromatic rings. The zero-order valence-corrected chi connectivity index (χ0v) is 23.4. The maximum absolute atomic E-state index is 10.1. The van der Waals surface area contributed by atoms with Gasteiger partial charge in [-0.3, -0.25) is 14.5 Å². The van der Waals surface area contributed by atoms with Gasteiger partial charge in [0.2, 0.25) is 11.9 Å². The van der Waals surface area contributed by atoms with Gasteiger partial charge >= 0.3 is 0 Å². The monoisotopic (exact) mass is 586 g/mol. The van der Waals surface area contributed by atoms with Gasteiger partial charge in [-0.05, 0) is 26.0 Å². The molecule has 0 bridgehead atoms. The summed E-state index contributed by atoms with van der Waals surface area (Å²) in [7, 11) is 0. The summed E-state index contributed by atoms with van der Waals surface area (Å²) >= 11 is 11.5. The Morgan fingerprint density at radius 1 is 0.821 bits per heavy atom. The van der Waals surface area contributed by atoms with E-state index in [0.29, 0.717) is 55.3 Å². The molecule has 0 aliphatic carbocycles. The van der Waals surface area contributed by atoms with Crippen molar-refractivity contribution in [3.05, 3.63) is 69.7 Å². The van der Waals surface area contributed by atoms with Crippen LogP contribution in [0.3, 0.4) is 0 Å². The van der Waals surface area contributed by atoms with E-state index in [-0.39, 0.29) is 11.9 Å². The third-order valence-corrected chi connectivity index (χ3v) is 4.55. The average Bonchev–Trinajstić information content (AvgIpc) is 2.94. The molecule has 8 N–H and O–H groups in total. The van der Waals surface area contributed by atoms with E-state index >= 15 is 0 Å². The fourth-order valence-corrected chi connectivity index (χ4v) is 2.46. The molecule has 216 valence electrons. The van der Waals surface area contributed by atoms with Crippen LogP contribution in [-0.4, -0.2) is 64.1 Å². The summed E-state index contributed by atoms with van der Waals surface area (Å²) < 4.78 is 10.0. The van der Waals surface area contributed by atoms with Crippen molar-refractivity contribution in [2.45, 2.75) is 13.8 Å². The molecule has 0 aliphatic rings. The summed E-state index contributed by atoms with van der Waals surface area (Å²) in [5.41, 5.74) is 16.7. The number of hydrogen-bond donors (Lipinski definition) is 5. The molecule has 2 aromatic carbocycles. The van der Waals surface area contributed by atoms with Crippen molar-refractivity contribution in [3.63, 3.8) is 0 Å². The van der Waals surface area contributed by atoms with Crippen LogP contribution < -0.4 is 28.3 Å². The molecular formula is C24H36Cl2N8O5. The molecule has 0 aliphatic heterocycles. The summed E-state index contributed by atoms with van der Waals surface area (Å²) in [4.78, 5) is 19.9. The maximum atomic E-state index is 10.1. The van der Waals surface area contributed by atoms with E-state index in [1.807, 2.05) is 32.0 Å². The van der Waals surface area contributed by atoms with Crippen molar-refractivity contribution in [2.75, 3.05) is 39.6 Å². The van der Waals surface area contributed by atoms with Crippen LogP contribution in [0.2, 0.25) is 10.0 Å². The van der Waals surface area contributed by atoms with Crippen molar-refractivity contribution in [1.29, 1.82) is 0 Å². The second-order valence-electron chi connectivity index (χ2n) is 6.70. The van der Waals surface area contributed by atoms with Crippen molar-refractivity contribution >= 4 is 47.6 Å². The number of carbonyl (C=O) groups is 1. The smallest absolute Gasteiger partial charge is 0.237 e. The van der Waals surface area contributed by atoms with Crippen LogP contribution in [0.25, 0.3) is 0 Å². The summed E-state index contributed by atoms with van der Waals surface area (Å²) in [6.45, 7) is 6.91. The highest BCUT2D eigenvalue weighted by molar-refractivity contribution is 6.33. The largest absolute Gasteiger partial charge is 0.379 e. The van der Waals surface area contributed by atoms with Crippen molar-refractivity contribution in [1.82, 2.24) is 11.0 Å². The number of hydrogen-bond acceptors (Lipinski definition) is 9. The Morgan fingerprint density at radius 2 is 1.31 bits per heavy atom. The first-order chi connectivity index (χ1) is 18.9. The lowest BCUT2D eigenvalue weighted by Gasteiger charge is -2.04. The van der Waals surface area contributed by atoms with Crippen LogP contribution in [-0.2, 0) is 19.1 Å². The summed E-state index contributed by atoms with van der Waals surface area (Å²) in [6.07, 6.45) is 2.25. The van der Waals surface area contributed by atoms with E-state index in [1.165, 1.54) is 6.21 Å². The van der Waals surface area contributed by atoms with Gasteiger partial charge in [0, 0.05) is 29.4 Å². The predicted molar refractivity (Wildman–Crippen MR) is 154 cm³/mol. The number of aldehydes is 1. The second-order valence-corrected chi connectivity index (χ2v) is 7.51. The second kappa shape index (κ2) is 24.9. The van der Waals surface area contributed by atoms with Crippen LogP contribution in [0.15, 0.2) is 63.8 Å². The molecule has 0 fully saturated rings. The average molecular weight is 588 g/mol. The molecule has 0 spiro atoms. The van der Waals surface area contributed by atoms with E-state index in [2.05, 4.69) is 26.3 Å². The first-order valence-electron chi connectivity index (χ1n) is 11.6. The number of nitrogens with one attached hydrogen (secondary N) is 2. The van der Waals surface area contributed by atoms with Crippen molar-refractivity contribution in [3.8, 4) is 0 Å². The molecule has 13 nitrogen and oxygen atoms in total. The Labute approximate surface area is 238 Å². The third-order valence-electron chi connectivity index (χ3n) is 3.86. The van der Waals surface area contributed by atoms with Crippen LogP contribution in [0.1, 0.15) is 29.8 Å². The molecule has 39 heavy (non-hydrogen) atoms. The molecular weight excluding hydrogens is 551 g/mol. The normalized spacial score (nSPS) is 11.2. The SMILES string of the molecule is CCOCCONC(N)=N/N=C/c1ccccc1Cl.CCOCCONC(N)=NN.O=Cc1ccccc1Cl. The zero-order valence-electron chi connectivity index (χ0n) is 21.9. The minimum absolute atomic E-state index is 0.0431. The number of rotatable bonds is 13. The molecule has 0 heterocycles. The summed E-state index contributed by atoms with van der Waals surface area (Å²) in [6, 6.07) is 14.2. The minimum Gasteiger partial charge on any atom is -0.379 e. The number of carbonyl (C=O) groups excluding carboxylic acids is 1. The van der Waals surface area contributed by atoms with Gasteiger partial charge in [0.15, 0.2) is 6.29 Å². The van der Waals surface area contributed by atoms with E-state index < -0.39 is 0 Å². The zero-order chi connectivity index (χ0) is 29.1. The maximum Gasteiger partial charge on any atom is 0.237 e. The minimum atomic E-state index is 0.0431. The summed E-state index contributed by atoms with van der Waals surface area (Å²) in [5.74, 6) is 4.90. The van der Waals surface area contributed by atoms with Gasteiger partial charge in [0.1, 0.15) is 0 Å². The van der Waals surface area contributed by atoms with E-state index in [0.717, 1.165) is 11.8 Å². The topological polar surface area (TPSA) is 193 Å². The number of ether oxygens (including phenoxy) is 2. The Bertz CT molecular complexity index is 1010. The highest BCUT2D eigenvalue weighted by atomic mass is 35.5. The predicted octanol–water partition coefficient (Wildman–Crippen LogP) is 2.43. The quantitative estimate of drug-likeness (QED) is 0.0580. The number of halogens is 2. The van der Waals surface area contributed by atoms with Gasteiger partial charge in [-0.25, -0.2) is 11.0 Å². The van der Waals surface area contributed by atoms with Gasteiger partial charge < -0.3 is 26.8 Å². The fourth-order valence-electron chi connectivity index (χ4n) is 2.09. The number of nitrogens with two attached hydrogens (primary N) is 3. The standard InChI is InChI=1S/C12H17ClN4O2.C7H5ClO.C5H14N4O2/c1-2-18-7-8-19-17-12(14)16-15-9-10-5-3-4-6-11(10)13;8-7-4-2-1-3-6(7)5-9;1-2-10-3-4-11-9-5(6)8-7/h3-6,9H,2,7-8H2,1H3,(H3,14,16,17);1-5H;2-4,7H2,1H3,(H3,6,8,9)/b15-9+;;. The Balaban J connectivity index is 0.000000611. The first-order valence-corrected chi connectivity index (χ1v) is 12.4. The van der Waals surface area contributed by atoms with E-state index in [9.17, 15) is 4.79 Å². The molecule has 15 heteroatoms. The first kappa shape index (κ1) is 35.5. The van der Waals surface area contributed by atoms with Crippen LogP contribution in [0.5, 0.6) is 0 Å². The molecule has 0 unspecified atom stereocenters. The van der Waals surface area contributed by atoms with Crippen LogP contribution in [0, 0.1) is 0 Å². The van der Waals surface area contributed by atoms with Gasteiger partial charge in [-0.2, -0.15) is 5.10 Å². The number of guanidine groups is 2. The highest BCUT2D eigenvalue weighted by Crippen LogP contribution is 2.12. The Hall–Kier alpha value is -3.46. The van der Waals surface area contributed by atoms with Gasteiger partial charge in [0.05, 0.1) is 37.7 Å². The molecule has 2 rings (SSSR count). The lowest BCUT2D eigenvalue weighted by Crippen LogP contribution is -2.33. The van der Waals surface area contributed by atoms with Gasteiger partial charge in [-0.15, -0.1) is 10.2 Å². The molecule has 0 saturated carbocycles. The van der Waals surface area contributed by atoms with Crippen LogP contribution >= 0.6 is 23.2 Å². The van der Waals surface area contributed by atoms with Crippen molar-refractivity contribution < 1.29 is 23.9 Å². The van der Waals surface area contributed by atoms with E-state index in [4.69, 9.17) is 59.7 Å². The molecule has 0 saturated heterocycles. The third kappa shape index (κ3) is 20.2. The number of nitrogens with zero attached hydrogens (tertiary/aromatic N) is 3. The fraction of sp³-hybridized carbons (Fsp3) is 0.333. The number of benzene rings is 2. The highest BCUT2D eigenvalue weighted by Gasteiger charge is 1.95. The van der Waals surface area contributed by atoms with Gasteiger partial charge in [-0.1, -0.05) is 59.6 Å². The van der Waals surface area contributed by atoms with Crippen molar-refractivity contribution in [2.24, 2.45) is 32.6 Å². The molecule has 0 aromatic heterocycles. The van der Waals surface area contributed by atoms with Crippen LogP contribution in [0.4, 0.5) is 0 Å². The summed E-state index contributed by atoms with van der Waals surface area (Å²) in [5, 5.41) is 11.7. The molecule has 0 atom stereocenters. The Kier molecular flexibility index (Phi) is 22.6.